The number of piperidine rings is 1. The molecular weight excluding hydrogens is 446 g/mol. The number of hydrogen-bond acceptors (Lipinski definition) is 8. The average molecular weight is 474 g/mol. The Hall–Kier alpha value is -3.40. The van der Waals surface area contributed by atoms with Gasteiger partial charge in [-0.25, -0.2) is 9.78 Å². The molecular formula is C23H27N3O6S. The van der Waals surface area contributed by atoms with Gasteiger partial charge in [0.2, 0.25) is 5.75 Å². The summed E-state index contributed by atoms with van der Waals surface area (Å²) in [6, 6.07) is 9.02. The van der Waals surface area contributed by atoms with Gasteiger partial charge in [0.15, 0.2) is 11.5 Å². The van der Waals surface area contributed by atoms with Crippen molar-refractivity contribution in [3.63, 3.8) is 0 Å². The van der Waals surface area contributed by atoms with Crippen molar-refractivity contribution in [2.45, 2.75) is 18.9 Å². The van der Waals surface area contributed by atoms with E-state index in [0.29, 0.717) is 41.2 Å². The molecule has 0 saturated carbocycles. The SMILES string of the molecule is COc1ccc2sc(OC3CCN(C(=O)Nc4cc(OC)c(OC)c(OC)c4)CC3)nc2c1. The molecule has 1 aromatic heterocycles. The highest BCUT2D eigenvalue weighted by Gasteiger charge is 2.25. The Kier molecular flexibility index (Phi) is 6.93. The van der Waals surface area contributed by atoms with Gasteiger partial charge in [-0.15, -0.1) is 0 Å². The lowest BCUT2D eigenvalue weighted by Gasteiger charge is -2.31. The number of nitrogens with one attached hydrogen (secondary N) is 1. The van der Waals surface area contributed by atoms with Crippen LogP contribution >= 0.6 is 11.3 Å². The van der Waals surface area contributed by atoms with E-state index < -0.39 is 0 Å². The number of urea groups is 1. The van der Waals surface area contributed by atoms with E-state index in [0.717, 1.165) is 28.8 Å². The predicted molar refractivity (Wildman–Crippen MR) is 127 cm³/mol. The van der Waals surface area contributed by atoms with Crippen molar-refractivity contribution in [3.05, 3.63) is 30.3 Å². The van der Waals surface area contributed by atoms with Crippen molar-refractivity contribution in [1.29, 1.82) is 0 Å². The number of thiazole rings is 1. The van der Waals surface area contributed by atoms with E-state index in [1.54, 1.807) is 24.1 Å². The molecule has 0 spiro atoms. The summed E-state index contributed by atoms with van der Waals surface area (Å²) in [5.74, 6) is 2.20. The van der Waals surface area contributed by atoms with Crippen molar-refractivity contribution in [2.24, 2.45) is 0 Å². The molecule has 4 rings (SSSR count). The third-order valence-electron chi connectivity index (χ3n) is 5.49. The zero-order valence-electron chi connectivity index (χ0n) is 19.0. The quantitative estimate of drug-likeness (QED) is 0.544. The van der Waals surface area contributed by atoms with Crippen LogP contribution in [0, 0.1) is 0 Å². The summed E-state index contributed by atoms with van der Waals surface area (Å²) in [5.41, 5.74) is 1.43. The molecule has 0 radical (unpaired) electrons. The first-order chi connectivity index (χ1) is 16.0. The van der Waals surface area contributed by atoms with Gasteiger partial charge in [0.25, 0.3) is 5.19 Å². The predicted octanol–water partition coefficient (Wildman–Crippen LogP) is 4.41. The van der Waals surface area contributed by atoms with E-state index in [1.807, 2.05) is 18.2 Å². The van der Waals surface area contributed by atoms with Crippen LogP contribution in [0.3, 0.4) is 0 Å². The molecule has 0 bridgehead atoms. The number of carbonyl (C=O) groups excluding carboxylic acids is 1. The van der Waals surface area contributed by atoms with Gasteiger partial charge in [-0.05, 0) is 12.1 Å². The highest BCUT2D eigenvalue weighted by Crippen LogP contribution is 2.40. The van der Waals surface area contributed by atoms with Gasteiger partial charge in [-0.2, -0.15) is 0 Å². The summed E-state index contributed by atoms with van der Waals surface area (Å²) in [4.78, 5) is 19.1. The van der Waals surface area contributed by atoms with Crippen LogP contribution in [-0.4, -0.2) is 63.5 Å². The fourth-order valence-corrected chi connectivity index (χ4v) is 4.60. The Morgan fingerprint density at radius 3 is 2.30 bits per heavy atom. The summed E-state index contributed by atoms with van der Waals surface area (Å²) in [7, 11) is 6.25. The van der Waals surface area contributed by atoms with E-state index in [1.165, 1.54) is 32.7 Å². The number of aromatic nitrogens is 1. The summed E-state index contributed by atoms with van der Waals surface area (Å²) in [6.45, 7) is 1.17. The molecule has 2 aromatic carbocycles. The number of amides is 2. The van der Waals surface area contributed by atoms with E-state index in [9.17, 15) is 4.79 Å². The normalized spacial score (nSPS) is 14.1. The smallest absolute Gasteiger partial charge is 0.321 e. The van der Waals surface area contributed by atoms with Gasteiger partial charge in [0, 0.05) is 44.1 Å². The number of benzene rings is 2. The molecule has 0 aliphatic carbocycles. The number of ether oxygens (including phenoxy) is 5. The van der Waals surface area contributed by atoms with Crippen LogP contribution in [0.5, 0.6) is 28.2 Å². The van der Waals surface area contributed by atoms with Crippen LogP contribution in [-0.2, 0) is 0 Å². The minimum Gasteiger partial charge on any atom is -0.497 e. The van der Waals surface area contributed by atoms with E-state index in [4.69, 9.17) is 23.7 Å². The Morgan fingerprint density at radius 2 is 1.70 bits per heavy atom. The first-order valence-corrected chi connectivity index (χ1v) is 11.3. The van der Waals surface area contributed by atoms with E-state index in [-0.39, 0.29) is 12.1 Å². The summed E-state index contributed by atoms with van der Waals surface area (Å²) < 4.78 is 28.4. The third kappa shape index (κ3) is 5.00. The fourth-order valence-electron chi connectivity index (χ4n) is 3.74. The minimum absolute atomic E-state index is 0.0117. The summed E-state index contributed by atoms with van der Waals surface area (Å²) >= 11 is 1.51. The lowest BCUT2D eigenvalue weighted by atomic mass is 10.1. The second kappa shape index (κ2) is 10.0. The number of hydrogen-bond donors (Lipinski definition) is 1. The number of likely N-dealkylation sites (tertiary alicyclic amines) is 1. The van der Waals surface area contributed by atoms with Crippen molar-refractivity contribution in [3.8, 4) is 28.2 Å². The van der Waals surface area contributed by atoms with Crippen molar-refractivity contribution in [1.82, 2.24) is 9.88 Å². The molecule has 0 atom stereocenters. The number of anilines is 1. The molecule has 9 nitrogen and oxygen atoms in total. The molecule has 2 heterocycles. The molecule has 0 unspecified atom stereocenters. The van der Waals surface area contributed by atoms with Gasteiger partial charge < -0.3 is 33.9 Å². The van der Waals surface area contributed by atoms with Gasteiger partial charge in [0.1, 0.15) is 11.9 Å². The van der Waals surface area contributed by atoms with Crippen molar-refractivity contribution in [2.75, 3.05) is 46.8 Å². The van der Waals surface area contributed by atoms with Crippen LogP contribution < -0.4 is 29.0 Å². The van der Waals surface area contributed by atoms with Crippen LogP contribution in [0.25, 0.3) is 10.2 Å². The summed E-state index contributed by atoms with van der Waals surface area (Å²) in [6.07, 6.45) is 1.46. The number of rotatable bonds is 7. The van der Waals surface area contributed by atoms with Crippen LogP contribution in [0.4, 0.5) is 10.5 Å². The number of nitrogens with zero attached hydrogens (tertiary/aromatic N) is 2. The second-order valence-corrected chi connectivity index (χ2v) is 8.46. The Bertz CT molecular complexity index is 1100. The lowest BCUT2D eigenvalue weighted by molar-refractivity contribution is 0.115. The second-order valence-electron chi connectivity index (χ2n) is 7.46. The molecule has 2 amide bonds. The fraction of sp³-hybridized carbons (Fsp3) is 0.391. The van der Waals surface area contributed by atoms with Gasteiger partial charge >= 0.3 is 6.03 Å². The zero-order chi connectivity index (χ0) is 23.4. The van der Waals surface area contributed by atoms with E-state index in [2.05, 4.69) is 10.3 Å². The monoisotopic (exact) mass is 473 g/mol. The summed E-state index contributed by atoms with van der Waals surface area (Å²) in [5, 5.41) is 3.55. The maximum atomic E-state index is 12.8. The highest BCUT2D eigenvalue weighted by molar-refractivity contribution is 7.20. The van der Waals surface area contributed by atoms with Crippen LogP contribution in [0.2, 0.25) is 0 Å². The molecule has 1 aliphatic rings. The van der Waals surface area contributed by atoms with Crippen LogP contribution in [0.1, 0.15) is 12.8 Å². The number of carbonyl (C=O) groups is 1. The standard InChI is InChI=1S/C23H27N3O6S/c1-28-16-5-6-20-17(13-16)25-23(33-20)32-15-7-9-26(10-8-15)22(27)24-14-11-18(29-2)21(31-4)19(12-14)30-3/h5-6,11-13,15H,7-10H2,1-4H3,(H,24,27). The number of fused-ring (bicyclic) bond motifs is 1. The third-order valence-corrected chi connectivity index (χ3v) is 6.42. The Morgan fingerprint density at radius 1 is 1.00 bits per heavy atom. The maximum Gasteiger partial charge on any atom is 0.321 e. The number of methoxy groups -OCH3 is 4. The van der Waals surface area contributed by atoms with Gasteiger partial charge in [-0.1, -0.05) is 11.3 Å². The maximum absolute atomic E-state index is 12.8. The van der Waals surface area contributed by atoms with Crippen molar-refractivity contribution < 1.29 is 28.5 Å². The Labute approximate surface area is 196 Å². The highest BCUT2D eigenvalue weighted by atomic mass is 32.1. The minimum atomic E-state index is -0.185. The molecule has 3 aromatic rings. The lowest BCUT2D eigenvalue weighted by Crippen LogP contribution is -2.43. The molecule has 1 aliphatic heterocycles. The molecule has 1 fully saturated rings. The largest absolute Gasteiger partial charge is 0.497 e. The van der Waals surface area contributed by atoms with Gasteiger partial charge in [0.05, 0.1) is 44.3 Å². The molecule has 10 heteroatoms. The van der Waals surface area contributed by atoms with Crippen LogP contribution in [0.15, 0.2) is 30.3 Å². The molecule has 1 N–H and O–H groups in total. The zero-order valence-corrected chi connectivity index (χ0v) is 19.9. The van der Waals surface area contributed by atoms with Crippen molar-refractivity contribution >= 4 is 33.3 Å². The first-order valence-electron chi connectivity index (χ1n) is 10.5. The van der Waals surface area contributed by atoms with E-state index >= 15 is 0 Å². The molecule has 176 valence electrons. The average Bonchev–Trinajstić information content (AvgIpc) is 3.24. The first kappa shape index (κ1) is 22.8. The van der Waals surface area contributed by atoms with Gasteiger partial charge in [-0.3, -0.25) is 0 Å². The topological polar surface area (TPSA) is 91.4 Å². The molecule has 33 heavy (non-hydrogen) atoms. The Balaban J connectivity index is 1.34. The molecule has 1 saturated heterocycles.